The van der Waals surface area contributed by atoms with Gasteiger partial charge in [-0.15, -0.1) is 24.9 Å². The number of alkyl halides is 1. The predicted molar refractivity (Wildman–Crippen MR) is 152 cm³/mol. The van der Waals surface area contributed by atoms with E-state index in [-0.39, 0.29) is 40.5 Å². The summed E-state index contributed by atoms with van der Waals surface area (Å²) in [6.45, 7) is 14.1. The van der Waals surface area contributed by atoms with E-state index in [0.717, 1.165) is 32.1 Å². The molecule has 1 spiro atoms. The van der Waals surface area contributed by atoms with Gasteiger partial charge in [-0.25, -0.2) is 0 Å². The third kappa shape index (κ3) is 5.55. The van der Waals surface area contributed by atoms with Crippen LogP contribution in [0.15, 0.2) is 25.3 Å². The molecule has 3 aliphatic heterocycles. The Hall–Kier alpha value is -1.32. The van der Waals surface area contributed by atoms with Crippen LogP contribution < -0.4 is 0 Å². The molecule has 3 aliphatic rings. The maximum absolute atomic E-state index is 14.4. The highest BCUT2D eigenvalue weighted by Crippen LogP contribution is 2.68. The van der Waals surface area contributed by atoms with Crippen molar-refractivity contribution in [1.82, 2.24) is 9.80 Å². The standard InChI is InChI=1S/C28H43BrN2O5S/c1-6-10-11-12-15-36-27(35)21-22-25(33)31(19(9-4)17-32)24(28(22)16-20(29)23(21)37-28)26(34)30(14-8-3)18(5)13-7-2/h6,8,18-24,32H,1,3,7,9-17H2,2,4-5H3/t18?,19-,20?,21-,22-,23-,24?,28?/m0/s1. The number of amides is 2. The molecule has 3 heterocycles. The van der Waals surface area contributed by atoms with E-state index < -0.39 is 28.7 Å². The Balaban J connectivity index is 1.99. The number of allylic oxidation sites excluding steroid dienone is 1. The van der Waals surface area contributed by atoms with Gasteiger partial charge >= 0.3 is 5.97 Å². The second-order valence-electron chi connectivity index (χ2n) is 10.5. The molecule has 9 heteroatoms. The second-order valence-corrected chi connectivity index (χ2v) is 13.2. The van der Waals surface area contributed by atoms with Gasteiger partial charge in [0.1, 0.15) is 6.04 Å². The number of unbranched alkanes of at least 4 members (excludes halogenated alkanes) is 2. The van der Waals surface area contributed by atoms with Gasteiger partial charge in [0.15, 0.2) is 0 Å². The van der Waals surface area contributed by atoms with Gasteiger partial charge in [-0.2, -0.15) is 0 Å². The first-order valence-electron chi connectivity index (χ1n) is 13.7. The van der Waals surface area contributed by atoms with Gasteiger partial charge in [-0.05, 0) is 45.4 Å². The summed E-state index contributed by atoms with van der Waals surface area (Å²) in [6, 6.07) is -1.25. The van der Waals surface area contributed by atoms with E-state index >= 15 is 0 Å². The number of hydrogen-bond acceptors (Lipinski definition) is 6. The molecule has 0 radical (unpaired) electrons. The fraction of sp³-hybridized carbons (Fsp3) is 0.750. The predicted octanol–water partition coefficient (Wildman–Crippen LogP) is 4.32. The Morgan fingerprint density at radius 2 is 2.05 bits per heavy atom. The van der Waals surface area contributed by atoms with E-state index in [2.05, 4.69) is 36.0 Å². The van der Waals surface area contributed by atoms with Crippen LogP contribution in [0, 0.1) is 11.8 Å². The van der Waals surface area contributed by atoms with Gasteiger partial charge < -0.3 is 19.6 Å². The molecular formula is C28H43BrN2O5S. The molecule has 4 unspecified atom stereocenters. The Bertz CT molecular complexity index is 868. The average molecular weight is 600 g/mol. The molecule has 7 nitrogen and oxygen atoms in total. The first-order valence-corrected chi connectivity index (χ1v) is 15.5. The van der Waals surface area contributed by atoms with Gasteiger partial charge in [0, 0.05) is 22.7 Å². The van der Waals surface area contributed by atoms with Crippen LogP contribution in [0.4, 0.5) is 0 Å². The lowest BCUT2D eigenvalue weighted by molar-refractivity contribution is -0.154. The molecule has 3 saturated heterocycles. The topological polar surface area (TPSA) is 87.1 Å². The highest BCUT2D eigenvalue weighted by molar-refractivity contribution is 9.09. The number of nitrogens with zero attached hydrogens (tertiary/aromatic N) is 2. The smallest absolute Gasteiger partial charge is 0.310 e. The van der Waals surface area contributed by atoms with E-state index in [1.807, 2.05) is 24.8 Å². The molecule has 0 aromatic heterocycles. The number of carbonyl (C=O) groups excluding carboxylic acids is 3. The zero-order chi connectivity index (χ0) is 27.3. The maximum atomic E-state index is 14.4. The van der Waals surface area contributed by atoms with Gasteiger partial charge in [0.05, 0.1) is 35.8 Å². The Kier molecular flexibility index (Phi) is 10.7. The molecule has 0 aromatic carbocycles. The fourth-order valence-corrected chi connectivity index (χ4v) is 10.0. The van der Waals surface area contributed by atoms with E-state index in [9.17, 15) is 19.5 Å². The highest BCUT2D eigenvalue weighted by atomic mass is 79.9. The quantitative estimate of drug-likeness (QED) is 0.131. The van der Waals surface area contributed by atoms with E-state index in [0.29, 0.717) is 26.0 Å². The van der Waals surface area contributed by atoms with Gasteiger partial charge in [0.2, 0.25) is 11.8 Å². The molecule has 0 saturated carbocycles. The van der Waals surface area contributed by atoms with Crippen LogP contribution in [0.3, 0.4) is 0 Å². The molecule has 3 fully saturated rings. The number of ether oxygens (including phenoxy) is 1. The van der Waals surface area contributed by atoms with Gasteiger partial charge in [0.25, 0.3) is 0 Å². The lowest BCUT2D eigenvalue weighted by Crippen LogP contribution is -2.59. The number of carbonyl (C=O) groups is 3. The van der Waals surface area contributed by atoms with Crippen molar-refractivity contribution >= 4 is 45.5 Å². The monoisotopic (exact) mass is 598 g/mol. The molecule has 208 valence electrons. The molecular weight excluding hydrogens is 556 g/mol. The summed E-state index contributed by atoms with van der Waals surface area (Å²) in [5, 5.41) is 10.1. The van der Waals surface area contributed by atoms with Crippen molar-refractivity contribution in [1.29, 1.82) is 0 Å². The minimum atomic E-state index is -0.748. The molecule has 3 rings (SSSR count). The number of aliphatic hydroxyl groups excluding tert-OH is 1. The molecule has 0 aromatic rings. The third-order valence-electron chi connectivity index (χ3n) is 8.20. The van der Waals surface area contributed by atoms with Crippen molar-refractivity contribution < 1.29 is 24.2 Å². The van der Waals surface area contributed by atoms with Crippen molar-refractivity contribution in [2.45, 2.75) is 98.7 Å². The number of aliphatic hydroxyl groups is 1. The van der Waals surface area contributed by atoms with Gasteiger partial charge in [-0.3, -0.25) is 14.4 Å². The summed E-state index contributed by atoms with van der Waals surface area (Å²) in [5.74, 6) is -1.93. The summed E-state index contributed by atoms with van der Waals surface area (Å²) >= 11 is 5.39. The molecule has 2 amide bonds. The first kappa shape index (κ1) is 30.2. The fourth-order valence-electron chi connectivity index (χ4n) is 6.44. The number of fused-ring (bicyclic) bond motifs is 1. The van der Waals surface area contributed by atoms with Crippen molar-refractivity contribution in [3.63, 3.8) is 0 Å². The van der Waals surface area contributed by atoms with Gasteiger partial charge in [-0.1, -0.05) is 48.4 Å². The largest absolute Gasteiger partial charge is 0.465 e. The number of thioether (sulfide) groups is 1. The lowest BCUT2D eigenvalue weighted by atomic mass is 9.71. The molecule has 1 N–H and O–H groups in total. The van der Waals surface area contributed by atoms with Crippen molar-refractivity contribution in [2.24, 2.45) is 11.8 Å². The molecule has 37 heavy (non-hydrogen) atoms. The zero-order valence-electron chi connectivity index (χ0n) is 22.4. The molecule has 0 aliphatic carbocycles. The normalized spacial score (nSPS) is 31.6. The van der Waals surface area contributed by atoms with Crippen LogP contribution in [-0.2, 0) is 19.1 Å². The van der Waals surface area contributed by atoms with E-state index in [1.165, 1.54) is 0 Å². The molecule has 2 bridgehead atoms. The summed E-state index contributed by atoms with van der Waals surface area (Å²) in [5.41, 5.74) is 0. The van der Waals surface area contributed by atoms with Crippen LogP contribution >= 0.6 is 27.7 Å². The average Bonchev–Trinajstić information content (AvgIpc) is 3.46. The Morgan fingerprint density at radius 3 is 2.65 bits per heavy atom. The minimum Gasteiger partial charge on any atom is -0.465 e. The zero-order valence-corrected chi connectivity index (χ0v) is 24.8. The highest BCUT2D eigenvalue weighted by Gasteiger charge is 2.76. The number of rotatable bonds is 15. The Labute approximate surface area is 234 Å². The summed E-state index contributed by atoms with van der Waals surface area (Å²) in [7, 11) is 0. The first-order chi connectivity index (χ1) is 17.7. The van der Waals surface area contributed by atoms with Crippen LogP contribution in [0.2, 0.25) is 0 Å². The summed E-state index contributed by atoms with van der Waals surface area (Å²) < 4.78 is 4.95. The second kappa shape index (κ2) is 13.2. The van der Waals surface area contributed by atoms with Crippen molar-refractivity contribution in [3.8, 4) is 0 Å². The van der Waals surface area contributed by atoms with Crippen molar-refractivity contribution in [3.05, 3.63) is 25.3 Å². The van der Waals surface area contributed by atoms with Crippen LogP contribution in [0.1, 0.15) is 65.7 Å². The van der Waals surface area contributed by atoms with E-state index in [4.69, 9.17) is 4.74 Å². The third-order valence-corrected chi connectivity index (χ3v) is 11.4. The van der Waals surface area contributed by atoms with E-state index in [1.54, 1.807) is 22.7 Å². The molecule has 8 atom stereocenters. The van der Waals surface area contributed by atoms with Crippen LogP contribution in [-0.4, -0.2) is 85.4 Å². The van der Waals surface area contributed by atoms with Crippen LogP contribution in [0.25, 0.3) is 0 Å². The SMILES string of the molecule is C=CCCCCOC(=O)[C@H]1[C@H]2C(=O)N([C@@H](CC)CO)C(C(=O)N(CC=C)C(C)CCC)C23CC(Br)[C@@H]1S3. The summed E-state index contributed by atoms with van der Waals surface area (Å²) in [4.78, 5) is 45.4. The van der Waals surface area contributed by atoms with Crippen molar-refractivity contribution in [2.75, 3.05) is 19.8 Å². The lowest BCUT2D eigenvalue weighted by Gasteiger charge is -2.41. The number of halogens is 1. The van der Waals surface area contributed by atoms with Crippen LogP contribution in [0.5, 0.6) is 0 Å². The minimum absolute atomic E-state index is 0.00904. The summed E-state index contributed by atoms with van der Waals surface area (Å²) in [6.07, 6.45) is 8.97. The number of likely N-dealkylation sites (tertiary alicyclic amines) is 1. The number of esters is 1. The Morgan fingerprint density at radius 1 is 1.32 bits per heavy atom. The maximum Gasteiger partial charge on any atom is 0.310 e. The number of hydrogen-bond donors (Lipinski definition) is 1.